The maximum atomic E-state index is 4.30. The Balaban J connectivity index is 3.00. The van der Waals surface area contributed by atoms with Crippen molar-refractivity contribution in [1.29, 1.82) is 0 Å². The van der Waals surface area contributed by atoms with Gasteiger partial charge in [-0.3, -0.25) is 9.97 Å². The molecule has 0 bridgehead atoms. The molecule has 0 saturated heterocycles. The van der Waals surface area contributed by atoms with Crippen LogP contribution in [0.3, 0.4) is 0 Å². The molecule has 1 rings (SSSR count). The quantitative estimate of drug-likeness (QED) is 0.688. The first-order chi connectivity index (χ1) is 6.15. The van der Waals surface area contributed by atoms with Crippen LogP contribution in [0, 0.1) is 6.92 Å². The molecule has 70 valence electrons. The molecule has 1 aromatic heterocycles. The van der Waals surface area contributed by atoms with Gasteiger partial charge in [-0.25, -0.2) is 0 Å². The number of allylic oxidation sites excluding steroid dienone is 1. The van der Waals surface area contributed by atoms with Gasteiger partial charge in [0.1, 0.15) is 5.69 Å². The predicted octanol–water partition coefficient (Wildman–Crippen LogP) is 1.71. The molecule has 0 aliphatic rings. The van der Waals surface area contributed by atoms with Crippen molar-refractivity contribution in [2.45, 2.75) is 13.8 Å². The summed E-state index contributed by atoms with van der Waals surface area (Å²) in [6.45, 7) is 3.93. The summed E-state index contributed by atoms with van der Waals surface area (Å²) >= 11 is 0. The van der Waals surface area contributed by atoms with E-state index >= 15 is 0 Å². The Morgan fingerprint density at radius 1 is 1.31 bits per heavy atom. The zero-order valence-electron chi connectivity index (χ0n) is 8.57. The lowest BCUT2D eigenvalue weighted by Crippen LogP contribution is -2.11. The molecule has 1 heterocycles. The molecule has 3 nitrogen and oxygen atoms in total. The third-order valence-corrected chi connectivity index (χ3v) is 1.80. The minimum Gasteiger partial charge on any atom is -0.376 e. The van der Waals surface area contributed by atoms with Gasteiger partial charge >= 0.3 is 0 Å². The highest BCUT2D eigenvalue weighted by Gasteiger charge is 2.03. The van der Waals surface area contributed by atoms with E-state index in [4.69, 9.17) is 0 Å². The molecule has 13 heavy (non-hydrogen) atoms. The van der Waals surface area contributed by atoms with Crippen LogP contribution in [-0.4, -0.2) is 29.0 Å². The molecule has 0 spiro atoms. The van der Waals surface area contributed by atoms with E-state index in [1.165, 1.54) is 0 Å². The van der Waals surface area contributed by atoms with Crippen LogP contribution in [0.1, 0.15) is 18.3 Å². The normalized spacial score (nSPS) is 11.5. The lowest BCUT2D eigenvalue weighted by atomic mass is 10.3. The zero-order valence-corrected chi connectivity index (χ0v) is 8.57. The lowest BCUT2D eigenvalue weighted by Gasteiger charge is -2.15. The Labute approximate surface area is 79.1 Å². The van der Waals surface area contributed by atoms with Crippen molar-refractivity contribution in [2.24, 2.45) is 0 Å². The van der Waals surface area contributed by atoms with E-state index in [1.54, 1.807) is 12.4 Å². The smallest absolute Gasteiger partial charge is 0.104 e. The first kappa shape index (κ1) is 9.71. The highest BCUT2D eigenvalue weighted by molar-refractivity contribution is 5.59. The van der Waals surface area contributed by atoms with Crippen molar-refractivity contribution in [1.82, 2.24) is 14.9 Å². The summed E-state index contributed by atoms with van der Waals surface area (Å²) in [4.78, 5) is 10.5. The highest BCUT2D eigenvalue weighted by Crippen LogP contribution is 2.12. The number of hydrogen-bond acceptors (Lipinski definition) is 3. The van der Waals surface area contributed by atoms with Gasteiger partial charge in [0.25, 0.3) is 0 Å². The van der Waals surface area contributed by atoms with Crippen LogP contribution in [-0.2, 0) is 0 Å². The van der Waals surface area contributed by atoms with Crippen molar-refractivity contribution < 1.29 is 0 Å². The highest BCUT2D eigenvalue weighted by atomic mass is 15.1. The van der Waals surface area contributed by atoms with Crippen LogP contribution in [0.5, 0.6) is 0 Å². The fraction of sp³-hybridized carbons (Fsp3) is 0.400. The minimum atomic E-state index is 0.915. The van der Waals surface area contributed by atoms with E-state index in [9.17, 15) is 0 Å². The Morgan fingerprint density at radius 2 is 2.00 bits per heavy atom. The van der Waals surface area contributed by atoms with Gasteiger partial charge in [0.2, 0.25) is 0 Å². The Morgan fingerprint density at radius 3 is 2.38 bits per heavy atom. The average molecular weight is 177 g/mol. The second-order valence-electron chi connectivity index (χ2n) is 3.11. The number of rotatable bonds is 2. The molecular weight excluding hydrogens is 162 g/mol. The van der Waals surface area contributed by atoms with Gasteiger partial charge in [-0.05, 0) is 13.8 Å². The SMILES string of the molecule is C/C=C(\c1cnc(C)cn1)N(C)C. The second-order valence-corrected chi connectivity index (χ2v) is 3.11. The summed E-state index contributed by atoms with van der Waals surface area (Å²) in [5.41, 5.74) is 2.95. The van der Waals surface area contributed by atoms with Crippen molar-refractivity contribution >= 4 is 5.70 Å². The van der Waals surface area contributed by atoms with Gasteiger partial charge in [-0.1, -0.05) is 6.08 Å². The van der Waals surface area contributed by atoms with E-state index in [0.29, 0.717) is 0 Å². The molecular formula is C10H15N3. The van der Waals surface area contributed by atoms with Gasteiger partial charge in [0, 0.05) is 20.3 Å². The molecule has 3 heteroatoms. The van der Waals surface area contributed by atoms with Crippen LogP contribution in [0.25, 0.3) is 5.70 Å². The van der Waals surface area contributed by atoms with Crippen LogP contribution in [0.15, 0.2) is 18.5 Å². The third-order valence-electron chi connectivity index (χ3n) is 1.80. The predicted molar refractivity (Wildman–Crippen MR) is 54.1 cm³/mol. The van der Waals surface area contributed by atoms with Crippen LogP contribution in [0.2, 0.25) is 0 Å². The van der Waals surface area contributed by atoms with E-state index < -0.39 is 0 Å². The molecule has 0 radical (unpaired) electrons. The first-order valence-corrected chi connectivity index (χ1v) is 4.28. The second kappa shape index (κ2) is 4.03. The number of aryl methyl sites for hydroxylation is 1. The lowest BCUT2D eigenvalue weighted by molar-refractivity contribution is 0.587. The Bertz CT molecular complexity index is 298. The maximum absolute atomic E-state index is 4.30. The fourth-order valence-corrected chi connectivity index (χ4v) is 1.16. The van der Waals surface area contributed by atoms with Gasteiger partial charge in [0.15, 0.2) is 0 Å². The van der Waals surface area contributed by atoms with Crippen LogP contribution < -0.4 is 0 Å². The molecule has 0 aromatic carbocycles. The summed E-state index contributed by atoms with van der Waals surface area (Å²) in [6, 6.07) is 0. The average Bonchev–Trinajstić information content (AvgIpc) is 2.09. The molecule has 0 atom stereocenters. The van der Waals surface area contributed by atoms with Crippen LogP contribution in [0.4, 0.5) is 0 Å². The van der Waals surface area contributed by atoms with Crippen molar-refractivity contribution in [3.05, 3.63) is 29.9 Å². The Kier molecular flexibility index (Phi) is 3.01. The number of nitrogens with zero attached hydrogens (tertiary/aromatic N) is 3. The number of aromatic nitrogens is 2. The third kappa shape index (κ3) is 2.28. The van der Waals surface area contributed by atoms with Crippen molar-refractivity contribution in [3.8, 4) is 0 Å². The summed E-state index contributed by atoms with van der Waals surface area (Å²) < 4.78 is 0. The molecule has 0 saturated carbocycles. The van der Waals surface area contributed by atoms with Gasteiger partial charge < -0.3 is 4.90 Å². The summed E-state index contributed by atoms with van der Waals surface area (Å²) in [5.74, 6) is 0. The van der Waals surface area contributed by atoms with Gasteiger partial charge in [0.05, 0.1) is 17.6 Å². The molecule has 0 aliphatic heterocycles. The van der Waals surface area contributed by atoms with E-state index in [1.807, 2.05) is 38.9 Å². The molecule has 0 unspecified atom stereocenters. The van der Waals surface area contributed by atoms with E-state index in [-0.39, 0.29) is 0 Å². The standard InChI is InChI=1S/C10H15N3/c1-5-10(13(3)4)9-7-11-8(2)6-12-9/h5-7H,1-4H3/b10-5+. The first-order valence-electron chi connectivity index (χ1n) is 4.28. The minimum absolute atomic E-state index is 0.915. The summed E-state index contributed by atoms with van der Waals surface area (Å²) in [6.07, 6.45) is 5.60. The van der Waals surface area contributed by atoms with Crippen LogP contribution >= 0.6 is 0 Å². The zero-order chi connectivity index (χ0) is 9.84. The summed E-state index contributed by atoms with van der Waals surface area (Å²) in [7, 11) is 3.99. The fourth-order valence-electron chi connectivity index (χ4n) is 1.16. The van der Waals surface area contributed by atoms with E-state index in [2.05, 4.69) is 9.97 Å². The molecule has 0 amide bonds. The Hall–Kier alpha value is -1.38. The molecule has 1 aromatic rings. The number of hydrogen-bond donors (Lipinski definition) is 0. The monoisotopic (exact) mass is 177 g/mol. The van der Waals surface area contributed by atoms with Gasteiger partial charge in [-0.2, -0.15) is 0 Å². The topological polar surface area (TPSA) is 29.0 Å². The maximum Gasteiger partial charge on any atom is 0.104 e. The van der Waals surface area contributed by atoms with Crippen molar-refractivity contribution in [3.63, 3.8) is 0 Å². The van der Waals surface area contributed by atoms with Gasteiger partial charge in [-0.15, -0.1) is 0 Å². The largest absolute Gasteiger partial charge is 0.376 e. The molecule has 0 fully saturated rings. The van der Waals surface area contributed by atoms with Crippen molar-refractivity contribution in [2.75, 3.05) is 14.1 Å². The summed E-state index contributed by atoms with van der Waals surface area (Å²) in [5, 5.41) is 0. The molecule has 0 aliphatic carbocycles. The van der Waals surface area contributed by atoms with E-state index in [0.717, 1.165) is 17.1 Å². The molecule has 0 N–H and O–H groups in total.